The molecule has 436 valence electrons. The topological polar surface area (TPSA) is 78.9 Å². The van der Waals surface area contributed by atoms with Crippen LogP contribution >= 0.6 is 0 Å². The van der Waals surface area contributed by atoms with Gasteiger partial charge in [-0.05, 0) is 70.6 Å². The van der Waals surface area contributed by atoms with Gasteiger partial charge in [-0.15, -0.1) is 0 Å². The Morgan fingerprint density at radius 2 is 0.446 bits per heavy atom. The predicted octanol–water partition coefficient (Wildman–Crippen LogP) is 22.6. The van der Waals surface area contributed by atoms with Gasteiger partial charge in [-0.1, -0.05) is 308 Å². The van der Waals surface area contributed by atoms with Crippen LogP contribution in [0, 0.1) is 0 Å². The first-order valence-corrected chi connectivity index (χ1v) is 33.3. The molecule has 0 saturated carbocycles. The summed E-state index contributed by atoms with van der Waals surface area (Å²) >= 11 is 0. The lowest BCUT2D eigenvalue weighted by Gasteiger charge is -2.18. The van der Waals surface area contributed by atoms with Gasteiger partial charge < -0.3 is 14.2 Å². The second kappa shape index (κ2) is 63.4. The van der Waals surface area contributed by atoms with Crippen LogP contribution in [0.2, 0.25) is 0 Å². The van der Waals surface area contributed by atoms with E-state index in [1.165, 1.54) is 276 Å². The van der Waals surface area contributed by atoms with Gasteiger partial charge in [0.25, 0.3) is 0 Å². The molecule has 0 spiro atoms. The molecular weight excluding hydrogens is 913 g/mol. The molecule has 0 amide bonds. The van der Waals surface area contributed by atoms with Crippen molar-refractivity contribution in [1.82, 2.24) is 0 Å². The van der Waals surface area contributed by atoms with Crippen LogP contribution in [0.1, 0.15) is 374 Å². The number of hydrogen-bond donors (Lipinski definition) is 0. The van der Waals surface area contributed by atoms with E-state index in [0.29, 0.717) is 19.3 Å². The molecule has 0 aliphatic rings. The lowest BCUT2D eigenvalue weighted by atomic mass is 10.0. The molecule has 6 heteroatoms. The number of hydrogen-bond acceptors (Lipinski definition) is 6. The van der Waals surface area contributed by atoms with Crippen molar-refractivity contribution in [1.29, 1.82) is 0 Å². The number of unbranched alkanes of at least 4 members (excludes halogenated alkanes) is 47. The van der Waals surface area contributed by atoms with Crippen LogP contribution < -0.4 is 0 Å². The van der Waals surface area contributed by atoms with Crippen molar-refractivity contribution < 1.29 is 28.6 Å². The minimum Gasteiger partial charge on any atom is -0.462 e. The first-order chi connectivity index (χ1) is 36.5. The van der Waals surface area contributed by atoms with Gasteiger partial charge in [0.1, 0.15) is 13.2 Å². The van der Waals surface area contributed by atoms with E-state index in [1.807, 2.05) is 0 Å². The number of esters is 3. The van der Waals surface area contributed by atoms with Gasteiger partial charge in [0.2, 0.25) is 0 Å². The minimum atomic E-state index is -0.771. The van der Waals surface area contributed by atoms with E-state index in [0.717, 1.165) is 57.8 Å². The van der Waals surface area contributed by atoms with Crippen LogP contribution in [-0.2, 0) is 28.6 Å². The van der Waals surface area contributed by atoms with Gasteiger partial charge in [0.05, 0.1) is 0 Å². The van der Waals surface area contributed by atoms with Crippen molar-refractivity contribution in [3.05, 3.63) is 24.3 Å². The number of allylic oxidation sites excluding steroid dienone is 4. The third-order valence-corrected chi connectivity index (χ3v) is 15.2. The first kappa shape index (κ1) is 71.9. The summed E-state index contributed by atoms with van der Waals surface area (Å²) in [5.74, 6) is -0.842. The smallest absolute Gasteiger partial charge is 0.306 e. The van der Waals surface area contributed by atoms with Crippen LogP contribution in [0.3, 0.4) is 0 Å². The van der Waals surface area contributed by atoms with Crippen molar-refractivity contribution in [3.63, 3.8) is 0 Å². The largest absolute Gasteiger partial charge is 0.462 e. The Kier molecular flexibility index (Phi) is 61.6. The molecule has 1 unspecified atom stereocenters. The highest BCUT2D eigenvalue weighted by atomic mass is 16.6. The Morgan fingerprint density at radius 3 is 0.676 bits per heavy atom. The highest BCUT2D eigenvalue weighted by Crippen LogP contribution is 2.18. The third-order valence-electron chi connectivity index (χ3n) is 15.2. The van der Waals surface area contributed by atoms with E-state index in [9.17, 15) is 14.4 Å². The summed E-state index contributed by atoms with van der Waals surface area (Å²) in [5, 5.41) is 0. The summed E-state index contributed by atoms with van der Waals surface area (Å²) in [6.07, 6.45) is 76.1. The molecule has 6 nitrogen and oxygen atoms in total. The first-order valence-electron chi connectivity index (χ1n) is 33.3. The molecule has 0 aromatic carbocycles. The number of ether oxygens (including phenoxy) is 3. The maximum absolute atomic E-state index is 12.9. The number of carbonyl (C=O) groups is 3. The molecule has 0 rings (SSSR count). The van der Waals surface area contributed by atoms with Crippen LogP contribution in [0.5, 0.6) is 0 Å². The average molecular weight is 1040 g/mol. The minimum absolute atomic E-state index is 0.0671. The van der Waals surface area contributed by atoms with Crippen LogP contribution in [-0.4, -0.2) is 37.2 Å². The molecule has 0 fully saturated rings. The van der Waals surface area contributed by atoms with Gasteiger partial charge in [-0.3, -0.25) is 14.4 Å². The van der Waals surface area contributed by atoms with Crippen molar-refractivity contribution in [2.24, 2.45) is 0 Å². The summed E-state index contributed by atoms with van der Waals surface area (Å²) in [6.45, 7) is 6.71. The SMILES string of the molecule is CCCCCCCC/C=C\CCCCCCCCCCCC(=O)OCC(COC(=O)CCCCCCCCCCCCCCCCCCCC)OC(=O)CCCCCCCCCCC/C=C\CCCCCCCC. The summed E-state index contributed by atoms with van der Waals surface area (Å²) in [4.78, 5) is 38.4. The Labute approximate surface area is 462 Å². The zero-order valence-electron chi connectivity index (χ0n) is 50.1. The molecule has 0 aromatic rings. The van der Waals surface area contributed by atoms with Gasteiger partial charge in [0.15, 0.2) is 6.10 Å². The standard InChI is InChI=1S/C68H128O6/c1-4-7-10-13-16-19-22-25-28-31-34-37-40-43-46-49-52-55-58-61-67(70)73-64-65(63-72-66(69)60-57-54-51-48-45-42-39-36-33-30-27-24-21-18-15-12-9-6-3)74-68(71)62-59-56-53-50-47-44-41-38-35-32-29-26-23-20-17-14-11-8-5-2/h25-26,28-29,65H,4-24,27,30-64H2,1-3H3/b28-25-,29-26-. The van der Waals surface area contributed by atoms with E-state index >= 15 is 0 Å². The molecule has 1 atom stereocenters. The highest BCUT2D eigenvalue weighted by Gasteiger charge is 2.19. The maximum Gasteiger partial charge on any atom is 0.306 e. The average Bonchev–Trinajstić information content (AvgIpc) is 3.40. The normalized spacial score (nSPS) is 12.1. The number of rotatable bonds is 62. The molecule has 0 N–H and O–H groups in total. The molecule has 0 bridgehead atoms. The molecule has 0 heterocycles. The molecule has 0 radical (unpaired) electrons. The molecule has 0 saturated heterocycles. The Hall–Kier alpha value is -2.11. The van der Waals surface area contributed by atoms with Crippen molar-refractivity contribution in [2.75, 3.05) is 13.2 Å². The zero-order chi connectivity index (χ0) is 53.6. The predicted molar refractivity (Wildman–Crippen MR) is 321 cm³/mol. The lowest BCUT2D eigenvalue weighted by molar-refractivity contribution is -0.167. The Bertz CT molecular complexity index is 1190. The van der Waals surface area contributed by atoms with Crippen LogP contribution in [0.25, 0.3) is 0 Å². The fourth-order valence-corrected chi connectivity index (χ4v) is 10.1. The van der Waals surface area contributed by atoms with Gasteiger partial charge >= 0.3 is 17.9 Å². The molecule has 0 aliphatic heterocycles. The molecular formula is C68H128O6. The Morgan fingerprint density at radius 1 is 0.257 bits per heavy atom. The summed E-state index contributed by atoms with van der Waals surface area (Å²) in [6, 6.07) is 0. The monoisotopic (exact) mass is 1040 g/mol. The summed E-state index contributed by atoms with van der Waals surface area (Å²) < 4.78 is 17.0. The second-order valence-corrected chi connectivity index (χ2v) is 22.7. The fraction of sp³-hybridized carbons (Fsp3) is 0.897. The Balaban J connectivity index is 4.32. The maximum atomic E-state index is 12.9. The summed E-state index contributed by atoms with van der Waals surface area (Å²) in [7, 11) is 0. The van der Waals surface area contributed by atoms with E-state index < -0.39 is 6.10 Å². The van der Waals surface area contributed by atoms with Crippen LogP contribution in [0.15, 0.2) is 24.3 Å². The van der Waals surface area contributed by atoms with E-state index in [-0.39, 0.29) is 31.1 Å². The van der Waals surface area contributed by atoms with Gasteiger partial charge in [0, 0.05) is 19.3 Å². The van der Waals surface area contributed by atoms with E-state index in [2.05, 4.69) is 45.1 Å². The third kappa shape index (κ3) is 60.8. The zero-order valence-corrected chi connectivity index (χ0v) is 50.1. The summed E-state index contributed by atoms with van der Waals surface area (Å²) in [5.41, 5.74) is 0. The van der Waals surface area contributed by atoms with Crippen molar-refractivity contribution in [2.45, 2.75) is 380 Å². The van der Waals surface area contributed by atoms with Gasteiger partial charge in [-0.25, -0.2) is 0 Å². The number of carbonyl (C=O) groups excluding carboxylic acids is 3. The second-order valence-electron chi connectivity index (χ2n) is 22.7. The highest BCUT2D eigenvalue weighted by molar-refractivity contribution is 5.71. The quantitative estimate of drug-likeness (QED) is 0.0261. The lowest BCUT2D eigenvalue weighted by Crippen LogP contribution is -2.30. The van der Waals surface area contributed by atoms with E-state index in [1.54, 1.807) is 0 Å². The molecule has 0 aromatic heterocycles. The van der Waals surface area contributed by atoms with Crippen molar-refractivity contribution >= 4 is 17.9 Å². The van der Waals surface area contributed by atoms with Crippen LogP contribution in [0.4, 0.5) is 0 Å². The fourth-order valence-electron chi connectivity index (χ4n) is 10.1. The molecule has 74 heavy (non-hydrogen) atoms. The van der Waals surface area contributed by atoms with Crippen molar-refractivity contribution in [3.8, 4) is 0 Å². The van der Waals surface area contributed by atoms with Gasteiger partial charge in [-0.2, -0.15) is 0 Å². The van der Waals surface area contributed by atoms with E-state index in [4.69, 9.17) is 14.2 Å². The molecule has 0 aliphatic carbocycles.